The van der Waals surface area contributed by atoms with E-state index in [-0.39, 0.29) is 24.6 Å². The first-order valence-corrected chi connectivity index (χ1v) is 7.22. The minimum absolute atomic E-state index is 0.0475. The van der Waals surface area contributed by atoms with Crippen LogP contribution in [0.25, 0.3) is 10.2 Å². The molecule has 5 nitrogen and oxygen atoms in total. The molecule has 1 aliphatic carbocycles. The zero-order valence-electron chi connectivity index (χ0n) is 10.8. The van der Waals surface area contributed by atoms with E-state index in [1.807, 2.05) is 0 Å². The van der Waals surface area contributed by atoms with Gasteiger partial charge in [-0.05, 0) is 24.8 Å². The van der Waals surface area contributed by atoms with Gasteiger partial charge in [0.2, 0.25) is 5.91 Å². The molecule has 1 aliphatic rings. The number of carbonyl (C=O) groups excluding carboxylic acids is 1. The molecule has 0 spiro atoms. The van der Waals surface area contributed by atoms with Gasteiger partial charge in [-0.15, -0.1) is 17.8 Å². The Hall–Kier alpha value is -2.13. The maximum atomic E-state index is 12.5. The molecular formula is C14H13N3O2S. The summed E-state index contributed by atoms with van der Waals surface area (Å²) in [6.07, 6.45) is 9.56. The molecule has 6 heteroatoms. The molecule has 0 unspecified atom stereocenters. The highest BCUT2D eigenvalue weighted by Crippen LogP contribution is 2.34. The summed E-state index contributed by atoms with van der Waals surface area (Å²) in [5.74, 6) is 2.05. The van der Waals surface area contributed by atoms with Crippen molar-refractivity contribution in [2.45, 2.75) is 25.8 Å². The smallest absolute Gasteiger partial charge is 0.262 e. The second kappa shape index (κ2) is 5.10. The fourth-order valence-corrected chi connectivity index (χ4v) is 3.71. The van der Waals surface area contributed by atoms with Crippen LogP contribution in [0.5, 0.6) is 0 Å². The second-order valence-corrected chi connectivity index (χ2v) is 5.78. The topological polar surface area (TPSA) is 64.0 Å². The summed E-state index contributed by atoms with van der Waals surface area (Å²) in [5.41, 5.74) is 0.992. The molecule has 0 aromatic carbocycles. The van der Waals surface area contributed by atoms with Crippen LogP contribution in [-0.2, 0) is 24.2 Å². The molecule has 3 rings (SSSR count). The van der Waals surface area contributed by atoms with Gasteiger partial charge < -0.3 is 5.32 Å². The van der Waals surface area contributed by atoms with E-state index in [0.29, 0.717) is 5.39 Å². The molecule has 0 atom stereocenters. The van der Waals surface area contributed by atoms with Crippen LogP contribution < -0.4 is 10.9 Å². The lowest BCUT2D eigenvalue weighted by Crippen LogP contribution is -2.32. The average molecular weight is 287 g/mol. The van der Waals surface area contributed by atoms with Gasteiger partial charge in [0.05, 0.1) is 18.3 Å². The molecule has 1 amide bonds. The van der Waals surface area contributed by atoms with E-state index in [0.717, 1.165) is 29.7 Å². The van der Waals surface area contributed by atoms with Gasteiger partial charge in [0.25, 0.3) is 5.56 Å². The Morgan fingerprint density at radius 2 is 2.40 bits per heavy atom. The number of hydrogen-bond donors (Lipinski definition) is 1. The molecule has 102 valence electrons. The summed E-state index contributed by atoms with van der Waals surface area (Å²) in [4.78, 5) is 30.4. The predicted octanol–water partition coefficient (Wildman–Crippen LogP) is 0.696. The first kappa shape index (κ1) is 12.9. The first-order valence-electron chi connectivity index (χ1n) is 6.40. The van der Waals surface area contributed by atoms with Crippen molar-refractivity contribution < 1.29 is 4.79 Å². The van der Waals surface area contributed by atoms with Crippen LogP contribution in [0.1, 0.15) is 16.9 Å². The number of amides is 1. The number of carbonyl (C=O) groups is 1. The Labute approximate surface area is 119 Å². The van der Waals surface area contributed by atoms with Gasteiger partial charge >= 0.3 is 0 Å². The van der Waals surface area contributed by atoms with Gasteiger partial charge in [-0.25, -0.2) is 4.98 Å². The van der Waals surface area contributed by atoms with Crippen LogP contribution >= 0.6 is 11.3 Å². The molecule has 2 aromatic heterocycles. The Kier molecular flexibility index (Phi) is 3.28. The number of aromatic nitrogens is 2. The molecule has 0 saturated heterocycles. The number of aryl methyl sites for hydroxylation is 2. The number of terminal acetylenes is 1. The van der Waals surface area contributed by atoms with Crippen LogP contribution in [0.4, 0.5) is 0 Å². The molecule has 20 heavy (non-hydrogen) atoms. The van der Waals surface area contributed by atoms with Gasteiger partial charge in [0.1, 0.15) is 11.4 Å². The summed E-state index contributed by atoms with van der Waals surface area (Å²) in [5, 5.41) is 3.23. The van der Waals surface area contributed by atoms with E-state index in [9.17, 15) is 9.59 Å². The van der Waals surface area contributed by atoms with Crippen LogP contribution in [-0.4, -0.2) is 22.0 Å². The average Bonchev–Trinajstić information content (AvgIpc) is 2.99. The van der Waals surface area contributed by atoms with Crippen molar-refractivity contribution >= 4 is 27.5 Å². The Morgan fingerprint density at radius 3 is 3.20 bits per heavy atom. The predicted molar refractivity (Wildman–Crippen MR) is 77.7 cm³/mol. The van der Waals surface area contributed by atoms with Crippen molar-refractivity contribution in [3.05, 3.63) is 27.1 Å². The number of nitrogens with zero attached hydrogens (tertiary/aromatic N) is 2. The zero-order chi connectivity index (χ0) is 14.1. The van der Waals surface area contributed by atoms with Gasteiger partial charge in [0, 0.05) is 4.88 Å². The maximum absolute atomic E-state index is 12.5. The van der Waals surface area contributed by atoms with Crippen molar-refractivity contribution in [3.8, 4) is 12.3 Å². The highest BCUT2D eigenvalue weighted by atomic mass is 32.1. The number of rotatable bonds is 3. The first-order chi connectivity index (χ1) is 9.70. The van der Waals surface area contributed by atoms with Crippen LogP contribution in [0.15, 0.2) is 11.1 Å². The van der Waals surface area contributed by atoms with Crippen molar-refractivity contribution in [1.82, 2.24) is 14.9 Å². The summed E-state index contributed by atoms with van der Waals surface area (Å²) in [7, 11) is 0. The molecule has 0 saturated carbocycles. The Balaban J connectivity index is 1.97. The quantitative estimate of drug-likeness (QED) is 0.845. The van der Waals surface area contributed by atoms with Crippen molar-refractivity contribution in [2.75, 3.05) is 6.54 Å². The summed E-state index contributed by atoms with van der Waals surface area (Å²) in [6.45, 7) is 0.116. The molecule has 2 aromatic rings. The molecule has 0 aliphatic heterocycles. The normalized spacial score (nSPS) is 13.2. The van der Waals surface area contributed by atoms with Gasteiger partial charge in [-0.2, -0.15) is 0 Å². The third-order valence-corrected chi connectivity index (χ3v) is 4.59. The molecule has 0 radical (unpaired) electrons. The van der Waals surface area contributed by atoms with Gasteiger partial charge in [0.15, 0.2) is 0 Å². The zero-order valence-corrected chi connectivity index (χ0v) is 11.6. The van der Waals surface area contributed by atoms with E-state index in [4.69, 9.17) is 6.42 Å². The summed E-state index contributed by atoms with van der Waals surface area (Å²) < 4.78 is 1.35. The van der Waals surface area contributed by atoms with Crippen molar-refractivity contribution in [2.24, 2.45) is 0 Å². The van der Waals surface area contributed by atoms with Crippen LogP contribution in [0.3, 0.4) is 0 Å². The van der Waals surface area contributed by atoms with Crippen LogP contribution in [0, 0.1) is 12.3 Å². The third-order valence-electron chi connectivity index (χ3n) is 3.39. The minimum Gasteiger partial charge on any atom is -0.344 e. The van der Waals surface area contributed by atoms with E-state index in [2.05, 4.69) is 16.2 Å². The lowest BCUT2D eigenvalue weighted by molar-refractivity contribution is -0.121. The number of thiophene rings is 1. The number of hydrogen-bond acceptors (Lipinski definition) is 4. The van der Waals surface area contributed by atoms with Crippen molar-refractivity contribution in [1.29, 1.82) is 0 Å². The highest BCUT2D eigenvalue weighted by Gasteiger charge is 2.21. The summed E-state index contributed by atoms with van der Waals surface area (Å²) >= 11 is 1.59. The monoisotopic (exact) mass is 287 g/mol. The SMILES string of the molecule is C#CCNC(=O)Cn1cnc2sc3c(c2c1=O)CCC3. The van der Waals surface area contributed by atoms with Gasteiger partial charge in [-0.3, -0.25) is 14.2 Å². The maximum Gasteiger partial charge on any atom is 0.262 e. The summed E-state index contributed by atoms with van der Waals surface area (Å²) in [6, 6.07) is 0. The van der Waals surface area contributed by atoms with E-state index >= 15 is 0 Å². The molecule has 2 heterocycles. The second-order valence-electron chi connectivity index (χ2n) is 4.70. The molecule has 0 bridgehead atoms. The molecule has 1 N–H and O–H groups in total. The largest absolute Gasteiger partial charge is 0.344 e. The fourth-order valence-electron chi connectivity index (χ4n) is 2.49. The molecular weight excluding hydrogens is 274 g/mol. The van der Waals surface area contributed by atoms with Crippen molar-refractivity contribution in [3.63, 3.8) is 0 Å². The van der Waals surface area contributed by atoms with Gasteiger partial charge in [-0.1, -0.05) is 5.92 Å². The number of nitrogens with one attached hydrogen (secondary N) is 1. The minimum atomic E-state index is -0.280. The van der Waals surface area contributed by atoms with E-state index < -0.39 is 0 Å². The van der Waals surface area contributed by atoms with E-state index in [1.165, 1.54) is 15.8 Å². The highest BCUT2D eigenvalue weighted by molar-refractivity contribution is 7.18. The standard InChI is InChI=1S/C14H13N3O2S/c1-2-6-15-11(18)7-17-8-16-13-12(14(17)19)9-4-3-5-10(9)20-13/h1,8H,3-7H2,(H,15,18). The Bertz CT molecular complexity index is 782. The van der Waals surface area contributed by atoms with E-state index in [1.54, 1.807) is 11.3 Å². The number of fused-ring (bicyclic) bond motifs is 3. The lowest BCUT2D eigenvalue weighted by Gasteiger charge is -2.05. The Morgan fingerprint density at radius 1 is 1.55 bits per heavy atom. The van der Waals surface area contributed by atoms with Crippen LogP contribution in [0.2, 0.25) is 0 Å². The molecule has 0 fully saturated rings. The third kappa shape index (κ3) is 2.10. The lowest BCUT2D eigenvalue weighted by atomic mass is 10.2. The fraction of sp³-hybridized carbons (Fsp3) is 0.357.